The molecule has 0 spiro atoms. The second kappa shape index (κ2) is 8.15. The summed E-state index contributed by atoms with van der Waals surface area (Å²) in [5.74, 6) is 1.59. The second-order valence-electron chi connectivity index (χ2n) is 7.95. The molecule has 150 valence electrons. The standard InChI is InChI=1S/C22H29N3O3/c1-27-10-9-21-23-13-16(14-24-21)15-25-17-7-8-18(25)12-22(26,11-17)19-5-3-4-6-20(19)28-2/h3-6,13-14,17-18,26H,7-12,15H2,1-2H3/t17-,18-/m0/s1. The first-order valence-corrected chi connectivity index (χ1v) is 10.0. The molecule has 2 atom stereocenters. The molecular weight excluding hydrogens is 354 g/mol. The number of methoxy groups -OCH3 is 2. The van der Waals surface area contributed by atoms with E-state index >= 15 is 0 Å². The number of hydrogen-bond donors (Lipinski definition) is 1. The molecule has 0 unspecified atom stereocenters. The molecule has 6 heteroatoms. The van der Waals surface area contributed by atoms with Gasteiger partial charge >= 0.3 is 0 Å². The number of hydrogen-bond acceptors (Lipinski definition) is 6. The first-order valence-electron chi connectivity index (χ1n) is 10.0. The van der Waals surface area contributed by atoms with Crippen LogP contribution in [-0.4, -0.2) is 52.9 Å². The minimum atomic E-state index is -0.824. The van der Waals surface area contributed by atoms with Crippen LogP contribution in [0.15, 0.2) is 36.7 Å². The summed E-state index contributed by atoms with van der Waals surface area (Å²) in [6, 6.07) is 8.59. The Bertz CT molecular complexity index is 782. The van der Waals surface area contributed by atoms with Gasteiger partial charge in [-0.1, -0.05) is 18.2 Å². The van der Waals surface area contributed by atoms with E-state index in [2.05, 4.69) is 14.9 Å². The molecule has 28 heavy (non-hydrogen) atoms. The minimum absolute atomic E-state index is 0.363. The molecule has 4 rings (SSSR count). The smallest absolute Gasteiger partial charge is 0.130 e. The first-order chi connectivity index (χ1) is 13.6. The fraction of sp³-hybridized carbons (Fsp3) is 0.545. The number of piperidine rings is 1. The molecule has 2 aromatic rings. The predicted octanol–water partition coefficient (Wildman–Crippen LogP) is 2.69. The van der Waals surface area contributed by atoms with E-state index < -0.39 is 5.60 Å². The summed E-state index contributed by atoms with van der Waals surface area (Å²) in [6.45, 7) is 1.47. The van der Waals surface area contributed by atoms with Gasteiger partial charge in [0.05, 0.1) is 19.3 Å². The van der Waals surface area contributed by atoms with E-state index in [-0.39, 0.29) is 0 Å². The molecule has 2 fully saturated rings. The quantitative estimate of drug-likeness (QED) is 0.793. The van der Waals surface area contributed by atoms with Crippen LogP contribution in [0.2, 0.25) is 0 Å². The molecule has 1 aromatic heterocycles. The van der Waals surface area contributed by atoms with Gasteiger partial charge in [-0.2, -0.15) is 0 Å². The zero-order valence-corrected chi connectivity index (χ0v) is 16.7. The third kappa shape index (κ3) is 3.77. The number of benzene rings is 1. The lowest BCUT2D eigenvalue weighted by molar-refractivity contribution is -0.0607. The normalized spacial score (nSPS) is 27.1. The Balaban J connectivity index is 1.47. The van der Waals surface area contributed by atoms with Crippen LogP contribution in [-0.2, 0) is 23.3 Å². The Morgan fingerprint density at radius 3 is 2.43 bits per heavy atom. The van der Waals surface area contributed by atoms with E-state index in [1.54, 1.807) is 14.2 Å². The number of ether oxygens (including phenoxy) is 2. The van der Waals surface area contributed by atoms with Crippen molar-refractivity contribution in [3.05, 3.63) is 53.6 Å². The topological polar surface area (TPSA) is 67.7 Å². The summed E-state index contributed by atoms with van der Waals surface area (Å²) in [4.78, 5) is 11.5. The highest BCUT2D eigenvalue weighted by Gasteiger charge is 2.49. The summed E-state index contributed by atoms with van der Waals surface area (Å²) in [6.07, 6.45) is 8.30. The van der Waals surface area contributed by atoms with Gasteiger partial charge in [0, 0.05) is 55.7 Å². The largest absolute Gasteiger partial charge is 0.496 e. The molecule has 2 aliphatic heterocycles. The van der Waals surface area contributed by atoms with Crippen LogP contribution in [0.4, 0.5) is 0 Å². The van der Waals surface area contributed by atoms with Crippen molar-refractivity contribution in [2.24, 2.45) is 0 Å². The van der Waals surface area contributed by atoms with Gasteiger partial charge in [-0.15, -0.1) is 0 Å². The Labute approximate surface area is 166 Å². The fourth-order valence-corrected chi connectivity index (χ4v) is 4.82. The van der Waals surface area contributed by atoms with Crippen LogP contribution in [0.3, 0.4) is 0 Å². The molecule has 0 radical (unpaired) electrons. The Hall–Kier alpha value is -2.02. The number of para-hydroxylation sites is 1. The summed E-state index contributed by atoms with van der Waals surface area (Å²) < 4.78 is 10.6. The zero-order valence-electron chi connectivity index (χ0n) is 16.7. The van der Waals surface area contributed by atoms with Crippen molar-refractivity contribution < 1.29 is 14.6 Å². The van der Waals surface area contributed by atoms with Crippen molar-refractivity contribution in [2.45, 2.75) is 56.3 Å². The molecular formula is C22H29N3O3. The van der Waals surface area contributed by atoms with Gasteiger partial charge in [-0.25, -0.2) is 9.97 Å². The molecule has 1 N–H and O–H groups in total. The SMILES string of the molecule is COCCc1ncc(CN2[C@H]3CC[C@H]2CC(O)(c2ccccc2OC)C3)cn1. The Kier molecular flexibility index (Phi) is 5.62. The Morgan fingerprint density at radius 2 is 1.79 bits per heavy atom. The summed E-state index contributed by atoms with van der Waals surface area (Å²) in [7, 11) is 3.36. The summed E-state index contributed by atoms with van der Waals surface area (Å²) in [5.41, 5.74) is 1.22. The highest BCUT2D eigenvalue weighted by atomic mass is 16.5. The van der Waals surface area contributed by atoms with Gasteiger partial charge in [0.1, 0.15) is 11.6 Å². The number of rotatable bonds is 7. The number of aliphatic hydroxyl groups is 1. The van der Waals surface area contributed by atoms with Crippen LogP contribution in [0.25, 0.3) is 0 Å². The fourth-order valence-electron chi connectivity index (χ4n) is 4.82. The summed E-state index contributed by atoms with van der Waals surface area (Å²) >= 11 is 0. The summed E-state index contributed by atoms with van der Waals surface area (Å²) in [5, 5.41) is 11.5. The molecule has 2 saturated heterocycles. The maximum absolute atomic E-state index is 11.5. The number of fused-ring (bicyclic) bond motifs is 2. The highest BCUT2D eigenvalue weighted by Crippen LogP contribution is 2.48. The van der Waals surface area contributed by atoms with Gasteiger partial charge in [-0.3, -0.25) is 4.90 Å². The lowest BCUT2D eigenvalue weighted by Crippen LogP contribution is -2.49. The van der Waals surface area contributed by atoms with E-state index in [4.69, 9.17) is 9.47 Å². The van der Waals surface area contributed by atoms with E-state index in [0.29, 0.717) is 18.7 Å². The van der Waals surface area contributed by atoms with Crippen molar-refractivity contribution >= 4 is 0 Å². The molecule has 3 heterocycles. The lowest BCUT2D eigenvalue weighted by Gasteiger charge is -2.44. The maximum Gasteiger partial charge on any atom is 0.130 e. The van der Waals surface area contributed by atoms with Gasteiger partial charge in [-0.05, 0) is 31.7 Å². The first kappa shape index (κ1) is 19.3. The van der Waals surface area contributed by atoms with E-state index in [0.717, 1.165) is 61.3 Å². The molecule has 0 saturated carbocycles. The number of aromatic nitrogens is 2. The average molecular weight is 383 g/mol. The molecule has 1 aromatic carbocycles. The second-order valence-corrected chi connectivity index (χ2v) is 7.95. The molecule has 0 aliphatic carbocycles. The number of nitrogens with zero attached hydrogens (tertiary/aromatic N) is 3. The van der Waals surface area contributed by atoms with Gasteiger partial charge < -0.3 is 14.6 Å². The van der Waals surface area contributed by atoms with Crippen LogP contribution < -0.4 is 4.74 Å². The highest BCUT2D eigenvalue weighted by molar-refractivity contribution is 5.39. The van der Waals surface area contributed by atoms with Crippen LogP contribution >= 0.6 is 0 Å². The molecule has 2 aliphatic rings. The van der Waals surface area contributed by atoms with Crippen molar-refractivity contribution in [3.8, 4) is 5.75 Å². The predicted molar refractivity (Wildman–Crippen MR) is 106 cm³/mol. The van der Waals surface area contributed by atoms with Gasteiger partial charge in [0.25, 0.3) is 0 Å². The van der Waals surface area contributed by atoms with Gasteiger partial charge in [0.2, 0.25) is 0 Å². The van der Waals surface area contributed by atoms with Crippen molar-refractivity contribution in [1.29, 1.82) is 0 Å². The average Bonchev–Trinajstić information content (AvgIpc) is 2.96. The van der Waals surface area contributed by atoms with E-state index in [1.807, 2.05) is 36.7 Å². The molecule has 2 bridgehead atoms. The minimum Gasteiger partial charge on any atom is -0.496 e. The van der Waals surface area contributed by atoms with Crippen LogP contribution in [0, 0.1) is 0 Å². The Morgan fingerprint density at radius 1 is 1.11 bits per heavy atom. The lowest BCUT2D eigenvalue weighted by atomic mass is 9.80. The van der Waals surface area contributed by atoms with Gasteiger partial charge in [0.15, 0.2) is 0 Å². The maximum atomic E-state index is 11.5. The van der Waals surface area contributed by atoms with Crippen molar-refractivity contribution in [1.82, 2.24) is 14.9 Å². The third-order valence-electron chi connectivity index (χ3n) is 6.18. The van der Waals surface area contributed by atoms with Crippen molar-refractivity contribution in [3.63, 3.8) is 0 Å². The zero-order chi connectivity index (χ0) is 19.6. The van der Waals surface area contributed by atoms with E-state index in [9.17, 15) is 5.11 Å². The van der Waals surface area contributed by atoms with Crippen LogP contribution in [0.5, 0.6) is 5.75 Å². The monoisotopic (exact) mass is 383 g/mol. The molecule has 6 nitrogen and oxygen atoms in total. The van der Waals surface area contributed by atoms with Crippen molar-refractivity contribution in [2.75, 3.05) is 20.8 Å². The third-order valence-corrected chi connectivity index (χ3v) is 6.18. The van der Waals surface area contributed by atoms with E-state index in [1.165, 1.54) is 0 Å². The van der Waals surface area contributed by atoms with Crippen LogP contribution in [0.1, 0.15) is 42.6 Å². The molecule has 0 amide bonds.